The van der Waals surface area contributed by atoms with Gasteiger partial charge in [-0.1, -0.05) is 32.4 Å². The first-order valence-corrected chi connectivity index (χ1v) is 9.05. The molecule has 130 valence electrons. The van der Waals surface area contributed by atoms with Crippen LogP contribution in [0.15, 0.2) is 18.2 Å². The summed E-state index contributed by atoms with van der Waals surface area (Å²) in [7, 11) is 0. The van der Waals surface area contributed by atoms with Crippen molar-refractivity contribution in [3.63, 3.8) is 0 Å². The summed E-state index contributed by atoms with van der Waals surface area (Å²) in [6.07, 6.45) is 3.31. The van der Waals surface area contributed by atoms with Crippen LogP contribution in [-0.2, 0) is 0 Å². The molecule has 3 heteroatoms. The normalized spacial score (nSPS) is 24.0. The third-order valence-electron chi connectivity index (χ3n) is 5.02. The number of hydrogen-bond donors (Lipinski definition) is 1. The fourth-order valence-corrected chi connectivity index (χ4v) is 3.56. The summed E-state index contributed by atoms with van der Waals surface area (Å²) in [4.78, 5) is 2.43. The Morgan fingerprint density at radius 3 is 2.48 bits per heavy atom. The van der Waals surface area contributed by atoms with E-state index >= 15 is 0 Å². The second-order valence-electron chi connectivity index (χ2n) is 7.49. The van der Waals surface area contributed by atoms with Gasteiger partial charge in [0.2, 0.25) is 0 Å². The van der Waals surface area contributed by atoms with Gasteiger partial charge in [-0.05, 0) is 56.7 Å². The van der Waals surface area contributed by atoms with Crippen LogP contribution in [0.2, 0.25) is 0 Å². The SMILES string of the molecule is Cc1ccc(C(C)C)c(OC[C@H](O)CN2[C@H](C)CCC[C@@H]2C)c1. The summed E-state index contributed by atoms with van der Waals surface area (Å²) in [5.41, 5.74) is 2.40. The lowest BCUT2D eigenvalue weighted by Crippen LogP contribution is -2.48. The van der Waals surface area contributed by atoms with Gasteiger partial charge in [0.15, 0.2) is 0 Å². The summed E-state index contributed by atoms with van der Waals surface area (Å²) in [5, 5.41) is 10.4. The van der Waals surface area contributed by atoms with Gasteiger partial charge in [-0.2, -0.15) is 0 Å². The van der Waals surface area contributed by atoms with Crippen molar-refractivity contribution < 1.29 is 9.84 Å². The highest BCUT2D eigenvalue weighted by molar-refractivity contribution is 5.39. The van der Waals surface area contributed by atoms with Crippen molar-refractivity contribution >= 4 is 0 Å². The topological polar surface area (TPSA) is 32.7 Å². The van der Waals surface area contributed by atoms with Gasteiger partial charge in [0.25, 0.3) is 0 Å². The zero-order valence-electron chi connectivity index (χ0n) is 15.4. The lowest BCUT2D eigenvalue weighted by Gasteiger charge is -2.40. The molecule has 0 aromatic heterocycles. The van der Waals surface area contributed by atoms with E-state index in [-0.39, 0.29) is 0 Å². The van der Waals surface area contributed by atoms with Crippen molar-refractivity contribution in [2.24, 2.45) is 0 Å². The molecule has 1 aliphatic rings. The Morgan fingerprint density at radius 2 is 1.87 bits per heavy atom. The summed E-state index contributed by atoms with van der Waals surface area (Å²) < 4.78 is 5.98. The number of ether oxygens (including phenoxy) is 1. The maximum absolute atomic E-state index is 10.4. The number of aryl methyl sites for hydroxylation is 1. The number of benzene rings is 1. The molecule has 0 unspecified atom stereocenters. The van der Waals surface area contributed by atoms with Crippen LogP contribution >= 0.6 is 0 Å². The van der Waals surface area contributed by atoms with E-state index in [4.69, 9.17) is 4.74 Å². The smallest absolute Gasteiger partial charge is 0.123 e. The molecule has 23 heavy (non-hydrogen) atoms. The van der Waals surface area contributed by atoms with Crippen molar-refractivity contribution in [3.8, 4) is 5.75 Å². The van der Waals surface area contributed by atoms with E-state index in [1.165, 1.54) is 30.4 Å². The predicted molar refractivity (Wildman–Crippen MR) is 96.3 cm³/mol. The first kappa shape index (κ1) is 18.3. The summed E-state index contributed by atoms with van der Waals surface area (Å²) in [6, 6.07) is 7.44. The highest BCUT2D eigenvalue weighted by Gasteiger charge is 2.26. The highest BCUT2D eigenvalue weighted by Crippen LogP contribution is 2.28. The molecule has 2 rings (SSSR count). The molecule has 3 atom stereocenters. The van der Waals surface area contributed by atoms with Crippen LogP contribution in [-0.4, -0.2) is 41.3 Å². The minimum absolute atomic E-state index is 0.360. The predicted octanol–water partition coefficient (Wildman–Crippen LogP) is 4.12. The average Bonchev–Trinajstić information content (AvgIpc) is 2.49. The van der Waals surface area contributed by atoms with Crippen LogP contribution in [0.3, 0.4) is 0 Å². The number of rotatable bonds is 6. The van der Waals surface area contributed by atoms with E-state index in [1.807, 2.05) is 0 Å². The molecular formula is C20H33NO2. The lowest BCUT2D eigenvalue weighted by molar-refractivity contribution is 0.0207. The third-order valence-corrected chi connectivity index (χ3v) is 5.02. The number of likely N-dealkylation sites (tertiary alicyclic amines) is 1. The molecule has 0 radical (unpaired) electrons. The molecule has 0 saturated carbocycles. The van der Waals surface area contributed by atoms with Crippen molar-refractivity contribution in [2.75, 3.05) is 13.2 Å². The summed E-state index contributed by atoms with van der Waals surface area (Å²) in [6.45, 7) is 12.0. The number of β-amino-alcohol motifs (C(OH)–C–C–N with tert-alkyl or cyclic N) is 1. The van der Waals surface area contributed by atoms with Gasteiger partial charge in [0.05, 0.1) is 0 Å². The molecule has 0 amide bonds. The molecule has 1 aliphatic heterocycles. The van der Waals surface area contributed by atoms with Gasteiger partial charge in [-0.15, -0.1) is 0 Å². The van der Waals surface area contributed by atoms with Crippen molar-refractivity contribution in [1.29, 1.82) is 0 Å². The highest BCUT2D eigenvalue weighted by atomic mass is 16.5. The molecular weight excluding hydrogens is 286 g/mol. The monoisotopic (exact) mass is 319 g/mol. The second-order valence-corrected chi connectivity index (χ2v) is 7.49. The van der Waals surface area contributed by atoms with Crippen LogP contribution in [0.5, 0.6) is 5.75 Å². The summed E-state index contributed by atoms with van der Waals surface area (Å²) >= 11 is 0. The first-order chi connectivity index (χ1) is 10.9. The van der Waals surface area contributed by atoms with Gasteiger partial charge in [0, 0.05) is 18.6 Å². The minimum atomic E-state index is -0.446. The molecule has 1 aromatic rings. The van der Waals surface area contributed by atoms with Crippen molar-refractivity contribution in [2.45, 2.75) is 78.0 Å². The van der Waals surface area contributed by atoms with Crippen LogP contribution in [0, 0.1) is 6.92 Å². The van der Waals surface area contributed by atoms with Crippen LogP contribution in [0.25, 0.3) is 0 Å². The maximum Gasteiger partial charge on any atom is 0.123 e. The molecule has 0 aliphatic carbocycles. The lowest BCUT2D eigenvalue weighted by atomic mass is 9.97. The molecule has 1 N–H and O–H groups in total. The van der Waals surface area contributed by atoms with Gasteiger partial charge >= 0.3 is 0 Å². The summed E-state index contributed by atoms with van der Waals surface area (Å²) in [5.74, 6) is 1.34. The Balaban J connectivity index is 1.94. The quantitative estimate of drug-likeness (QED) is 0.856. The Bertz CT molecular complexity index is 490. The zero-order chi connectivity index (χ0) is 17.0. The van der Waals surface area contributed by atoms with Gasteiger partial charge in [0.1, 0.15) is 18.5 Å². The molecule has 1 aromatic carbocycles. The number of piperidine rings is 1. The Hall–Kier alpha value is -1.06. The Labute approximate surface area is 141 Å². The van der Waals surface area contributed by atoms with Crippen LogP contribution in [0.4, 0.5) is 0 Å². The molecule has 1 fully saturated rings. The molecule has 3 nitrogen and oxygen atoms in total. The van der Waals surface area contributed by atoms with Crippen LogP contribution in [0.1, 0.15) is 64.0 Å². The van der Waals surface area contributed by atoms with Crippen molar-refractivity contribution in [3.05, 3.63) is 29.3 Å². The Kier molecular flexibility index (Phi) is 6.49. The van der Waals surface area contributed by atoms with E-state index < -0.39 is 6.10 Å². The van der Waals surface area contributed by atoms with Gasteiger partial charge in [-0.3, -0.25) is 4.90 Å². The van der Waals surface area contributed by atoms with E-state index in [2.05, 4.69) is 57.7 Å². The largest absolute Gasteiger partial charge is 0.491 e. The van der Waals surface area contributed by atoms with E-state index in [1.54, 1.807) is 0 Å². The zero-order valence-corrected chi connectivity index (χ0v) is 15.4. The number of aliphatic hydroxyl groups excluding tert-OH is 1. The van der Waals surface area contributed by atoms with Crippen LogP contribution < -0.4 is 4.74 Å². The minimum Gasteiger partial charge on any atom is -0.491 e. The van der Waals surface area contributed by atoms with E-state index in [0.717, 1.165) is 5.75 Å². The first-order valence-electron chi connectivity index (χ1n) is 9.05. The molecule has 0 spiro atoms. The number of hydrogen-bond acceptors (Lipinski definition) is 3. The standard InChI is InChI=1S/C20H33NO2/c1-14(2)19-10-9-15(3)11-20(19)23-13-18(22)12-21-16(4)7-6-8-17(21)5/h9-11,14,16-18,22H,6-8,12-13H2,1-5H3/t16-,17+,18-/m1/s1. The fraction of sp³-hybridized carbons (Fsp3) is 0.700. The second kappa shape index (κ2) is 8.16. The number of aliphatic hydroxyl groups is 1. The molecule has 1 heterocycles. The number of nitrogens with zero attached hydrogens (tertiary/aromatic N) is 1. The fourth-order valence-electron chi connectivity index (χ4n) is 3.56. The van der Waals surface area contributed by atoms with Gasteiger partial charge in [-0.25, -0.2) is 0 Å². The maximum atomic E-state index is 10.4. The van der Waals surface area contributed by atoms with E-state index in [9.17, 15) is 5.11 Å². The van der Waals surface area contributed by atoms with Crippen molar-refractivity contribution in [1.82, 2.24) is 4.90 Å². The average molecular weight is 319 g/mol. The molecule has 1 saturated heterocycles. The van der Waals surface area contributed by atoms with E-state index in [0.29, 0.717) is 31.2 Å². The van der Waals surface area contributed by atoms with Gasteiger partial charge < -0.3 is 9.84 Å². The Morgan fingerprint density at radius 1 is 1.22 bits per heavy atom. The molecule has 0 bridgehead atoms. The third kappa shape index (κ3) is 4.95.